The van der Waals surface area contributed by atoms with Crippen LogP contribution in [0.1, 0.15) is 31.4 Å². The number of amides is 2. The fraction of sp³-hybridized carbons (Fsp3) is 0.333. The Morgan fingerprint density at radius 1 is 1.22 bits per heavy atom. The second-order valence-electron chi connectivity index (χ2n) is 5.31. The quantitative estimate of drug-likeness (QED) is 0.634. The van der Waals surface area contributed by atoms with Gasteiger partial charge in [0.05, 0.1) is 6.04 Å². The first-order chi connectivity index (χ1) is 11.0. The molecule has 5 N–H and O–H groups in total. The van der Waals surface area contributed by atoms with Gasteiger partial charge in [-0.15, -0.1) is 0 Å². The summed E-state index contributed by atoms with van der Waals surface area (Å²) in [5.74, 6) is -0.930. The van der Waals surface area contributed by atoms with Gasteiger partial charge in [0.25, 0.3) is 0 Å². The van der Waals surface area contributed by atoms with Crippen molar-refractivity contribution < 1.29 is 9.59 Å². The summed E-state index contributed by atoms with van der Waals surface area (Å²) in [5.41, 5.74) is 13.0. The van der Waals surface area contributed by atoms with Crippen LogP contribution in [0.4, 0.5) is 0 Å². The monoisotopic (exact) mass is 315 g/mol. The second kappa shape index (κ2) is 9.58. The summed E-state index contributed by atoms with van der Waals surface area (Å²) in [6.45, 7) is 3.76. The summed E-state index contributed by atoms with van der Waals surface area (Å²) in [6, 6.07) is 6.34. The molecular weight excluding hydrogens is 290 g/mol. The molecule has 0 aromatic heterocycles. The average Bonchev–Trinajstić information content (AvgIpc) is 2.55. The molecule has 2 amide bonds. The van der Waals surface area contributed by atoms with Gasteiger partial charge in [-0.3, -0.25) is 9.59 Å². The summed E-state index contributed by atoms with van der Waals surface area (Å²) in [6.07, 6.45) is 8.68. The fourth-order valence-corrected chi connectivity index (χ4v) is 1.97. The van der Waals surface area contributed by atoms with E-state index < -0.39 is 18.0 Å². The number of carbonyl (C=O) groups excluding carboxylic acids is 2. The van der Waals surface area contributed by atoms with E-state index in [2.05, 4.69) is 5.32 Å². The highest BCUT2D eigenvalue weighted by molar-refractivity contribution is 5.89. The zero-order valence-electron chi connectivity index (χ0n) is 13.7. The molecule has 23 heavy (non-hydrogen) atoms. The van der Waals surface area contributed by atoms with Gasteiger partial charge >= 0.3 is 0 Å². The molecule has 1 aromatic rings. The van der Waals surface area contributed by atoms with Gasteiger partial charge in [-0.2, -0.15) is 0 Å². The van der Waals surface area contributed by atoms with Crippen LogP contribution in [0.3, 0.4) is 0 Å². The van der Waals surface area contributed by atoms with E-state index in [0.717, 1.165) is 11.1 Å². The predicted molar refractivity (Wildman–Crippen MR) is 93.4 cm³/mol. The first-order valence-electron chi connectivity index (χ1n) is 7.71. The van der Waals surface area contributed by atoms with E-state index >= 15 is 0 Å². The summed E-state index contributed by atoms with van der Waals surface area (Å²) in [4.78, 5) is 23.4. The number of primary amides is 1. The van der Waals surface area contributed by atoms with Crippen LogP contribution in [0.15, 0.2) is 42.5 Å². The van der Waals surface area contributed by atoms with Gasteiger partial charge in [-0.25, -0.2) is 0 Å². The van der Waals surface area contributed by atoms with Gasteiger partial charge < -0.3 is 16.8 Å². The molecule has 0 unspecified atom stereocenters. The Kier molecular flexibility index (Phi) is 7.77. The Morgan fingerprint density at radius 2 is 1.87 bits per heavy atom. The van der Waals surface area contributed by atoms with Crippen molar-refractivity contribution in [1.82, 2.24) is 5.32 Å². The second-order valence-corrected chi connectivity index (χ2v) is 5.31. The van der Waals surface area contributed by atoms with Crippen LogP contribution >= 0.6 is 0 Å². The molecule has 0 aliphatic carbocycles. The third kappa shape index (κ3) is 6.48. The Hall–Kier alpha value is -2.40. The van der Waals surface area contributed by atoms with E-state index in [-0.39, 0.29) is 5.91 Å². The molecule has 1 aromatic carbocycles. The molecule has 2 atom stereocenters. The first-order valence-corrected chi connectivity index (χ1v) is 7.71. The average molecular weight is 315 g/mol. The van der Waals surface area contributed by atoms with E-state index in [9.17, 15) is 9.59 Å². The zero-order valence-corrected chi connectivity index (χ0v) is 13.7. The normalized spacial score (nSPS) is 14.0. The number of benzene rings is 1. The lowest BCUT2D eigenvalue weighted by atomic mass is 10.0. The third-order valence-electron chi connectivity index (χ3n) is 3.45. The van der Waals surface area contributed by atoms with Gasteiger partial charge in [0.1, 0.15) is 6.04 Å². The van der Waals surface area contributed by atoms with Crippen molar-refractivity contribution in [1.29, 1.82) is 0 Å². The molecule has 124 valence electrons. The standard InChI is InChI=1S/C18H25N3O2/c1-3-5-6-7-13-8-10-14(11-9-13)12-16(17(20)22)21-18(23)15(19)4-2/h3,5-11,15-16H,4,12,19H2,1-2H3,(H2,20,22)(H,21,23)/b5-3-,7-6-/t15-,16-/m0/s1. The van der Waals surface area contributed by atoms with E-state index in [0.29, 0.717) is 12.8 Å². The minimum absolute atomic E-state index is 0.344. The fourth-order valence-electron chi connectivity index (χ4n) is 1.97. The van der Waals surface area contributed by atoms with E-state index in [1.165, 1.54) is 0 Å². The van der Waals surface area contributed by atoms with Gasteiger partial charge in [0, 0.05) is 6.42 Å². The Morgan fingerprint density at radius 3 is 2.39 bits per heavy atom. The summed E-state index contributed by atoms with van der Waals surface area (Å²) in [7, 11) is 0. The van der Waals surface area contributed by atoms with Crippen molar-refractivity contribution in [3.8, 4) is 0 Å². The summed E-state index contributed by atoms with van der Waals surface area (Å²) < 4.78 is 0. The summed E-state index contributed by atoms with van der Waals surface area (Å²) >= 11 is 0. The van der Waals surface area contributed by atoms with Crippen molar-refractivity contribution in [2.24, 2.45) is 11.5 Å². The van der Waals surface area contributed by atoms with Crippen LogP contribution in [0.25, 0.3) is 6.08 Å². The van der Waals surface area contributed by atoms with E-state index in [1.807, 2.05) is 62.4 Å². The maximum atomic E-state index is 11.8. The molecule has 1 rings (SSSR count). The van der Waals surface area contributed by atoms with Crippen LogP contribution < -0.4 is 16.8 Å². The molecule has 0 spiro atoms. The molecule has 0 aliphatic heterocycles. The molecule has 0 saturated heterocycles. The lowest BCUT2D eigenvalue weighted by Crippen LogP contribution is -2.51. The van der Waals surface area contributed by atoms with Gasteiger partial charge in [0.15, 0.2) is 0 Å². The van der Waals surface area contributed by atoms with Gasteiger partial charge in [0.2, 0.25) is 11.8 Å². The molecular formula is C18H25N3O2. The minimum Gasteiger partial charge on any atom is -0.368 e. The highest BCUT2D eigenvalue weighted by Gasteiger charge is 2.21. The van der Waals surface area contributed by atoms with Crippen LogP contribution in [-0.2, 0) is 16.0 Å². The molecule has 5 heteroatoms. The van der Waals surface area contributed by atoms with Crippen molar-refractivity contribution in [3.05, 3.63) is 53.6 Å². The predicted octanol–water partition coefficient (Wildman–Crippen LogP) is 1.53. The molecule has 0 heterocycles. The number of rotatable bonds is 8. The SMILES string of the molecule is C/C=C\C=C/c1ccc(C[C@H](NC(=O)[C@@H](N)CC)C(N)=O)cc1. The van der Waals surface area contributed by atoms with Crippen LogP contribution in [0.2, 0.25) is 0 Å². The topological polar surface area (TPSA) is 98.2 Å². The van der Waals surface area contributed by atoms with E-state index in [4.69, 9.17) is 11.5 Å². The van der Waals surface area contributed by atoms with Crippen molar-refractivity contribution in [3.63, 3.8) is 0 Å². The highest BCUT2D eigenvalue weighted by Crippen LogP contribution is 2.09. The molecule has 5 nitrogen and oxygen atoms in total. The number of nitrogens with two attached hydrogens (primary N) is 2. The first kappa shape index (κ1) is 18.6. The maximum absolute atomic E-state index is 11.8. The maximum Gasteiger partial charge on any atom is 0.240 e. The molecule has 0 aliphatic rings. The molecule has 0 radical (unpaired) electrons. The largest absolute Gasteiger partial charge is 0.368 e. The van der Waals surface area contributed by atoms with Crippen molar-refractivity contribution in [2.45, 2.75) is 38.8 Å². The minimum atomic E-state index is -0.760. The zero-order chi connectivity index (χ0) is 17.2. The van der Waals surface area contributed by atoms with Crippen molar-refractivity contribution >= 4 is 17.9 Å². The molecule has 0 saturated carbocycles. The summed E-state index contributed by atoms with van der Waals surface area (Å²) in [5, 5.41) is 2.61. The number of hydrogen-bond donors (Lipinski definition) is 3. The van der Waals surface area contributed by atoms with Crippen LogP contribution in [0, 0.1) is 0 Å². The smallest absolute Gasteiger partial charge is 0.240 e. The number of nitrogens with one attached hydrogen (secondary N) is 1. The van der Waals surface area contributed by atoms with Crippen LogP contribution in [0.5, 0.6) is 0 Å². The number of hydrogen-bond acceptors (Lipinski definition) is 3. The Balaban J connectivity index is 2.73. The van der Waals surface area contributed by atoms with E-state index in [1.54, 1.807) is 0 Å². The third-order valence-corrected chi connectivity index (χ3v) is 3.45. The van der Waals surface area contributed by atoms with Crippen LogP contribution in [-0.4, -0.2) is 23.9 Å². The van der Waals surface area contributed by atoms with Crippen molar-refractivity contribution in [2.75, 3.05) is 0 Å². The lowest BCUT2D eigenvalue weighted by Gasteiger charge is -2.18. The molecule has 0 fully saturated rings. The molecule has 0 bridgehead atoms. The Labute approximate surface area is 137 Å². The number of allylic oxidation sites excluding steroid dienone is 3. The van der Waals surface area contributed by atoms with Gasteiger partial charge in [-0.05, 0) is 24.5 Å². The number of carbonyl (C=O) groups is 2. The Bertz CT molecular complexity index is 576. The highest BCUT2D eigenvalue weighted by atomic mass is 16.2. The van der Waals surface area contributed by atoms with Gasteiger partial charge in [-0.1, -0.05) is 55.5 Å². The lowest BCUT2D eigenvalue weighted by molar-refractivity contribution is -0.128.